The molecule has 4 heteroatoms. The van der Waals surface area contributed by atoms with E-state index in [1.54, 1.807) is 6.08 Å². The maximum absolute atomic E-state index is 12.2. The van der Waals surface area contributed by atoms with Gasteiger partial charge in [-0.15, -0.1) is 0 Å². The summed E-state index contributed by atoms with van der Waals surface area (Å²) in [7, 11) is 0. The Morgan fingerprint density at radius 1 is 1.17 bits per heavy atom. The van der Waals surface area contributed by atoms with Gasteiger partial charge in [-0.2, -0.15) is 0 Å². The number of rotatable bonds is 4. The highest BCUT2D eigenvalue weighted by molar-refractivity contribution is 6.01. The van der Waals surface area contributed by atoms with Crippen LogP contribution in [0.5, 0.6) is 0 Å². The van der Waals surface area contributed by atoms with Gasteiger partial charge in [0.25, 0.3) is 5.91 Å². The van der Waals surface area contributed by atoms with Gasteiger partial charge >= 0.3 is 0 Å². The molecule has 3 rings (SSSR count). The fraction of sp³-hybridized carbons (Fsp3) is 0.158. The minimum atomic E-state index is -0.182. The van der Waals surface area contributed by atoms with Crippen molar-refractivity contribution in [2.24, 2.45) is 0 Å². The maximum atomic E-state index is 12.2. The molecule has 3 aromatic rings. The predicted molar refractivity (Wildman–Crippen MR) is 94.2 cm³/mol. The number of nitrogens with zero attached hydrogens (tertiary/aromatic N) is 2. The molecule has 0 fully saturated rings. The van der Waals surface area contributed by atoms with Crippen LogP contribution >= 0.6 is 0 Å². The molecule has 23 heavy (non-hydrogen) atoms. The van der Waals surface area contributed by atoms with Gasteiger partial charge in [0.05, 0.1) is 11.0 Å². The summed E-state index contributed by atoms with van der Waals surface area (Å²) < 4.78 is 1.99. The van der Waals surface area contributed by atoms with E-state index in [1.807, 2.05) is 73.0 Å². The molecule has 1 aromatic heterocycles. The summed E-state index contributed by atoms with van der Waals surface area (Å²) in [5, 5.41) is 2.87. The van der Waals surface area contributed by atoms with E-state index in [4.69, 9.17) is 0 Å². The van der Waals surface area contributed by atoms with E-state index in [-0.39, 0.29) is 5.91 Å². The Kier molecular flexibility index (Phi) is 4.24. The Labute approximate surface area is 135 Å². The van der Waals surface area contributed by atoms with Crippen LogP contribution in [0.4, 0.5) is 5.95 Å². The van der Waals surface area contributed by atoms with Crippen molar-refractivity contribution in [3.63, 3.8) is 0 Å². The van der Waals surface area contributed by atoms with Gasteiger partial charge in [0, 0.05) is 12.6 Å². The second kappa shape index (κ2) is 6.48. The molecule has 4 nitrogen and oxygen atoms in total. The predicted octanol–water partition coefficient (Wildman–Crippen LogP) is 4.02. The molecular weight excluding hydrogens is 286 g/mol. The molecule has 1 N–H and O–H groups in total. The second-order valence-electron chi connectivity index (χ2n) is 5.35. The van der Waals surface area contributed by atoms with Crippen LogP contribution < -0.4 is 5.32 Å². The first kappa shape index (κ1) is 15.0. The number of para-hydroxylation sites is 2. The zero-order chi connectivity index (χ0) is 16.2. The lowest BCUT2D eigenvalue weighted by molar-refractivity contribution is -0.111. The first-order valence-electron chi connectivity index (χ1n) is 7.69. The number of benzene rings is 2. The molecule has 0 atom stereocenters. The Bertz CT molecular complexity index is 877. The lowest BCUT2D eigenvalue weighted by Gasteiger charge is -2.05. The number of nitrogens with one attached hydrogen (secondary N) is 1. The van der Waals surface area contributed by atoms with E-state index < -0.39 is 0 Å². The SMILES string of the molecule is CCn1c(NC(=O)/C=C/c2ccccc2C)nc2ccccc21. The van der Waals surface area contributed by atoms with E-state index in [9.17, 15) is 4.79 Å². The van der Waals surface area contributed by atoms with E-state index in [1.165, 1.54) is 0 Å². The van der Waals surface area contributed by atoms with Crippen LogP contribution in [0.2, 0.25) is 0 Å². The van der Waals surface area contributed by atoms with Crippen molar-refractivity contribution < 1.29 is 4.79 Å². The summed E-state index contributed by atoms with van der Waals surface area (Å²) in [5.41, 5.74) is 4.07. The fourth-order valence-corrected chi connectivity index (χ4v) is 2.58. The van der Waals surface area contributed by atoms with Gasteiger partial charge in [0.2, 0.25) is 5.95 Å². The van der Waals surface area contributed by atoms with Crippen molar-refractivity contribution in [3.05, 3.63) is 65.7 Å². The number of fused-ring (bicyclic) bond motifs is 1. The second-order valence-corrected chi connectivity index (χ2v) is 5.35. The monoisotopic (exact) mass is 305 g/mol. The van der Waals surface area contributed by atoms with Gasteiger partial charge < -0.3 is 4.57 Å². The standard InChI is InChI=1S/C19H19N3O/c1-3-22-17-11-7-6-10-16(17)20-19(22)21-18(23)13-12-15-9-5-4-8-14(15)2/h4-13H,3H2,1-2H3,(H,20,21,23)/b13-12+. The smallest absolute Gasteiger partial charge is 0.250 e. The van der Waals surface area contributed by atoms with Crippen molar-refractivity contribution in [1.82, 2.24) is 9.55 Å². The van der Waals surface area contributed by atoms with Gasteiger partial charge in [-0.1, -0.05) is 36.4 Å². The Hall–Kier alpha value is -2.88. The van der Waals surface area contributed by atoms with Crippen LogP contribution in [0, 0.1) is 6.92 Å². The van der Waals surface area contributed by atoms with Gasteiger partial charge in [-0.3, -0.25) is 10.1 Å². The molecule has 0 bridgehead atoms. The molecular formula is C19H19N3O. The summed E-state index contributed by atoms with van der Waals surface area (Å²) in [5.74, 6) is 0.395. The van der Waals surface area contributed by atoms with Crippen molar-refractivity contribution in [2.75, 3.05) is 5.32 Å². The third kappa shape index (κ3) is 3.16. The molecule has 1 amide bonds. The van der Waals surface area contributed by atoms with Crippen LogP contribution in [0.15, 0.2) is 54.6 Å². The topological polar surface area (TPSA) is 46.9 Å². The van der Waals surface area contributed by atoms with Crippen LogP contribution in [0.1, 0.15) is 18.1 Å². The highest BCUT2D eigenvalue weighted by Crippen LogP contribution is 2.19. The van der Waals surface area contributed by atoms with E-state index >= 15 is 0 Å². The number of anilines is 1. The summed E-state index contributed by atoms with van der Waals surface area (Å²) in [6, 6.07) is 15.8. The minimum Gasteiger partial charge on any atom is -0.310 e. The molecule has 0 saturated heterocycles. The number of imidazole rings is 1. The van der Waals surface area contributed by atoms with Crippen molar-refractivity contribution in [1.29, 1.82) is 0 Å². The van der Waals surface area contributed by atoms with Crippen LogP contribution in [0.25, 0.3) is 17.1 Å². The molecule has 2 aromatic carbocycles. The molecule has 1 heterocycles. The third-order valence-electron chi connectivity index (χ3n) is 3.81. The summed E-state index contributed by atoms with van der Waals surface area (Å²) in [6.45, 7) is 4.80. The number of aromatic nitrogens is 2. The zero-order valence-corrected chi connectivity index (χ0v) is 13.3. The summed E-state index contributed by atoms with van der Waals surface area (Å²) in [6.07, 6.45) is 3.37. The van der Waals surface area contributed by atoms with Gasteiger partial charge in [-0.05, 0) is 43.2 Å². The first-order valence-corrected chi connectivity index (χ1v) is 7.69. The van der Waals surface area contributed by atoms with Gasteiger partial charge in [0.15, 0.2) is 0 Å². The van der Waals surface area contributed by atoms with Gasteiger partial charge in [-0.25, -0.2) is 4.98 Å². The normalized spacial score (nSPS) is 11.2. The highest BCUT2D eigenvalue weighted by atomic mass is 16.1. The average Bonchev–Trinajstić information content (AvgIpc) is 2.91. The Morgan fingerprint density at radius 2 is 1.91 bits per heavy atom. The molecule has 0 unspecified atom stereocenters. The highest BCUT2D eigenvalue weighted by Gasteiger charge is 2.10. The fourth-order valence-electron chi connectivity index (χ4n) is 2.58. The summed E-state index contributed by atoms with van der Waals surface area (Å²) >= 11 is 0. The number of aryl methyl sites for hydroxylation is 2. The van der Waals surface area contributed by atoms with Crippen molar-refractivity contribution >= 4 is 29.0 Å². The lowest BCUT2D eigenvalue weighted by Crippen LogP contribution is -2.12. The van der Waals surface area contributed by atoms with E-state index in [0.717, 1.165) is 28.7 Å². The molecule has 0 aliphatic rings. The molecule has 0 aliphatic carbocycles. The molecule has 0 aliphatic heterocycles. The van der Waals surface area contributed by atoms with Crippen molar-refractivity contribution in [3.8, 4) is 0 Å². The van der Waals surface area contributed by atoms with Crippen LogP contribution in [-0.4, -0.2) is 15.5 Å². The van der Waals surface area contributed by atoms with Crippen LogP contribution in [0.3, 0.4) is 0 Å². The number of amides is 1. The van der Waals surface area contributed by atoms with Gasteiger partial charge in [0.1, 0.15) is 0 Å². The number of hydrogen-bond acceptors (Lipinski definition) is 2. The molecule has 116 valence electrons. The van der Waals surface area contributed by atoms with E-state index in [2.05, 4.69) is 10.3 Å². The summed E-state index contributed by atoms with van der Waals surface area (Å²) in [4.78, 5) is 16.7. The zero-order valence-electron chi connectivity index (χ0n) is 13.3. The number of hydrogen-bond donors (Lipinski definition) is 1. The Morgan fingerprint density at radius 3 is 2.70 bits per heavy atom. The number of carbonyl (C=O) groups is 1. The molecule has 0 radical (unpaired) electrons. The number of carbonyl (C=O) groups excluding carboxylic acids is 1. The quantitative estimate of drug-likeness (QED) is 0.740. The molecule has 0 saturated carbocycles. The van der Waals surface area contributed by atoms with Crippen LogP contribution in [-0.2, 0) is 11.3 Å². The first-order chi connectivity index (χ1) is 11.2. The maximum Gasteiger partial charge on any atom is 0.250 e. The third-order valence-corrected chi connectivity index (χ3v) is 3.81. The largest absolute Gasteiger partial charge is 0.310 e. The molecule has 0 spiro atoms. The van der Waals surface area contributed by atoms with Crippen molar-refractivity contribution in [2.45, 2.75) is 20.4 Å². The lowest BCUT2D eigenvalue weighted by atomic mass is 10.1. The Balaban J connectivity index is 1.82. The minimum absolute atomic E-state index is 0.182. The average molecular weight is 305 g/mol. The van der Waals surface area contributed by atoms with E-state index in [0.29, 0.717) is 5.95 Å².